The van der Waals surface area contributed by atoms with Crippen LogP contribution in [0.15, 0.2) is 22.7 Å². The van der Waals surface area contributed by atoms with Crippen LogP contribution in [-0.2, 0) is 6.42 Å². The molecule has 0 spiro atoms. The number of rotatable bonds is 3. The van der Waals surface area contributed by atoms with Gasteiger partial charge in [-0.1, -0.05) is 28.9 Å². The van der Waals surface area contributed by atoms with Gasteiger partial charge in [-0.2, -0.15) is 0 Å². The van der Waals surface area contributed by atoms with Crippen molar-refractivity contribution in [3.8, 4) is 0 Å². The van der Waals surface area contributed by atoms with Crippen LogP contribution in [0.2, 0.25) is 0 Å². The SMILES string of the molecule is CC1CCN(c2cc(Br)ccc2CCN)CC1. The van der Waals surface area contributed by atoms with E-state index >= 15 is 0 Å². The van der Waals surface area contributed by atoms with E-state index in [1.165, 1.54) is 37.2 Å². The maximum Gasteiger partial charge on any atom is 0.0410 e. The van der Waals surface area contributed by atoms with E-state index in [4.69, 9.17) is 5.73 Å². The zero-order valence-corrected chi connectivity index (χ0v) is 12.0. The van der Waals surface area contributed by atoms with Crippen LogP contribution >= 0.6 is 15.9 Å². The zero-order valence-electron chi connectivity index (χ0n) is 10.5. The molecular formula is C14H21BrN2. The van der Waals surface area contributed by atoms with Gasteiger partial charge in [-0.05, 0) is 49.4 Å². The van der Waals surface area contributed by atoms with Gasteiger partial charge in [0.2, 0.25) is 0 Å². The van der Waals surface area contributed by atoms with Crippen molar-refractivity contribution in [1.29, 1.82) is 0 Å². The molecule has 1 saturated heterocycles. The summed E-state index contributed by atoms with van der Waals surface area (Å²) in [5, 5.41) is 0. The molecule has 0 saturated carbocycles. The van der Waals surface area contributed by atoms with E-state index in [9.17, 15) is 0 Å². The van der Waals surface area contributed by atoms with Crippen LogP contribution in [0, 0.1) is 5.92 Å². The lowest BCUT2D eigenvalue weighted by Crippen LogP contribution is -2.33. The summed E-state index contributed by atoms with van der Waals surface area (Å²) in [6, 6.07) is 6.55. The van der Waals surface area contributed by atoms with Crippen LogP contribution in [0.25, 0.3) is 0 Å². The largest absolute Gasteiger partial charge is 0.371 e. The molecule has 0 aliphatic carbocycles. The Bertz CT molecular complexity index is 370. The first-order chi connectivity index (χ1) is 8.20. The first kappa shape index (κ1) is 12.9. The Hall–Kier alpha value is -0.540. The molecule has 94 valence electrons. The zero-order chi connectivity index (χ0) is 12.3. The van der Waals surface area contributed by atoms with E-state index in [-0.39, 0.29) is 0 Å². The summed E-state index contributed by atoms with van der Waals surface area (Å²) in [7, 11) is 0. The Morgan fingerprint density at radius 3 is 2.71 bits per heavy atom. The van der Waals surface area contributed by atoms with Crippen molar-refractivity contribution >= 4 is 21.6 Å². The maximum absolute atomic E-state index is 5.69. The number of hydrogen-bond acceptors (Lipinski definition) is 2. The van der Waals surface area contributed by atoms with Gasteiger partial charge in [-0.3, -0.25) is 0 Å². The molecule has 1 heterocycles. The van der Waals surface area contributed by atoms with Crippen molar-refractivity contribution in [2.75, 3.05) is 24.5 Å². The van der Waals surface area contributed by atoms with Gasteiger partial charge in [0.1, 0.15) is 0 Å². The lowest BCUT2D eigenvalue weighted by atomic mass is 9.97. The molecule has 1 aliphatic heterocycles. The second-order valence-corrected chi connectivity index (χ2v) is 5.90. The van der Waals surface area contributed by atoms with Crippen molar-refractivity contribution in [3.05, 3.63) is 28.2 Å². The van der Waals surface area contributed by atoms with Crippen LogP contribution in [0.1, 0.15) is 25.3 Å². The molecule has 2 rings (SSSR count). The highest BCUT2D eigenvalue weighted by molar-refractivity contribution is 9.10. The summed E-state index contributed by atoms with van der Waals surface area (Å²) in [6.07, 6.45) is 3.57. The van der Waals surface area contributed by atoms with Gasteiger partial charge in [0.05, 0.1) is 0 Å². The van der Waals surface area contributed by atoms with Gasteiger partial charge in [-0.25, -0.2) is 0 Å². The molecule has 0 aromatic heterocycles. The normalized spacial score (nSPS) is 17.5. The second kappa shape index (κ2) is 5.87. The summed E-state index contributed by atoms with van der Waals surface area (Å²) in [6.45, 7) is 5.42. The molecule has 0 radical (unpaired) electrons. The standard InChI is InChI=1S/C14H21BrN2/c1-11-5-8-17(9-6-11)14-10-13(15)3-2-12(14)4-7-16/h2-3,10-11H,4-9,16H2,1H3. The highest BCUT2D eigenvalue weighted by atomic mass is 79.9. The second-order valence-electron chi connectivity index (χ2n) is 4.98. The Kier molecular flexibility index (Phi) is 4.46. The van der Waals surface area contributed by atoms with Crippen molar-refractivity contribution in [2.45, 2.75) is 26.2 Å². The fourth-order valence-corrected chi connectivity index (χ4v) is 2.80. The molecule has 1 aromatic carbocycles. The minimum Gasteiger partial charge on any atom is -0.371 e. The predicted octanol–water partition coefficient (Wildman–Crippen LogP) is 3.19. The molecule has 2 N–H and O–H groups in total. The lowest BCUT2D eigenvalue weighted by Gasteiger charge is -2.33. The van der Waals surface area contributed by atoms with Gasteiger partial charge in [0, 0.05) is 23.2 Å². The third kappa shape index (κ3) is 3.23. The molecule has 2 nitrogen and oxygen atoms in total. The van der Waals surface area contributed by atoms with Gasteiger partial charge < -0.3 is 10.6 Å². The minimum absolute atomic E-state index is 0.721. The van der Waals surface area contributed by atoms with Crippen molar-refractivity contribution in [1.82, 2.24) is 0 Å². The minimum atomic E-state index is 0.721. The number of hydrogen-bond donors (Lipinski definition) is 1. The van der Waals surface area contributed by atoms with Crippen LogP contribution in [-0.4, -0.2) is 19.6 Å². The average Bonchev–Trinajstić information content (AvgIpc) is 2.33. The smallest absolute Gasteiger partial charge is 0.0410 e. The molecule has 0 amide bonds. The number of benzene rings is 1. The highest BCUT2D eigenvalue weighted by Crippen LogP contribution is 2.29. The van der Waals surface area contributed by atoms with E-state index in [2.05, 4.69) is 46.0 Å². The molecule has 1 aliphatic rings. The van der Waals surface area contributed by atoms with Gasteiger partial charge in [0.25, 0.3) is 0 Å². The van der Waals surface area contributed by atoms with Gasteiger partial charge in [-0.15, -0.1) is 0 Å². The van der Waals surface area contributed by atoms with Gasteiger partial charge in [0.15, 0.2) is 0 Å². The summed E-state index contributed by atoms with van der Waals surface area (Å²) >= 11 is 3.57. The van der Waals surface area contributed by atoms with Gasteiger partial charge >= 0.3 is 0 Å². The summed E-state index contributed by atoms with van der Waals surface area (Å²) < 4.78 is 1.16. The van der Waals surface area contributed by atoms with E-state index in [0.717, 1.165) is 23.4 Å². The number of anilines is 1. The molecule has 1 fully saturated rings. The van der Waals surface area contributed by atoms with Crippen LogP contribution in [0.3, 0.4) is 0 Å². The summed E-state index contributed by atoms with van der Waals surface area (Å²) in [4.78, 5) is 2.51. The van der Waals surface area contributed by atoms with Crippen LogP contribution in [0.4, 0.5) is 5.69 Å². The first-order valence-corrected chi connectivity index (χ1v) is 7.23. The summed E-state index contributed by atoms with van der Waals surface area (Å²) in [5.41, 5.74) is 8.44. The Balaban J connectivity index is 2.20. The number of nitrogens with zero attached hydrogens (tertiary/aromatic N) is 1. The quantitative estimate of drug-likeness (QED) is 0.928. The Labute approximate surface area is 112 Å². The third-order valence-corrected chi connectivity index (χ3v) is 4.08. The third-order valence-electron chi connectivity index (χ3n) is 3.59. The molecule has 0 bridgehead atoms. The number of halogens is 1. The lowest BCUT2D eigenvalue weighted by molar-refractivity contribution is 0.438. The highest BCUT2D eigenvalue weighted by Gasteiger charge is 2.18. The fraction of sp³-hybridized carbons (Fsp3) is 0.571. The average molecular weight is 297 g/mol. The monoisotopic (exact) mass is 296 g/mol. The molecule has 0 atom stereocenters. The van der Waals surface area contributed by atoms with Crippen molar-refractivity contribution in [2.24, 2.45) is 11.7 Å². The van der Waals surface area contributed by atoms with E-state index < -0.39 is 0 Å². The fourth-order valence-electron chi connectivity index (χ4n) is 2.45. The molecular weight excluding hydrogens is 276 g/mol. The maximum atomic E-state index is 5.69. The topological polar surface area (TPSA) is 29.3 Å². The van der Waals surface area contributed by atoms with E-state index in [1.54, 1.807) is 0 Å². The number of piperidine rings is 1. The molecule has 3 heteroatoms. The first-order valence-electron chi connectivity index (χ1n) is 6.44. The van der Waals surface area contributed by atoms with Crippen molar-refractivity contribution < 1.29 is 0 Å². The van der Waals surface area contributed by atoms with Crippen molar-refractivity contribution in [3.63, 3.8) is 0 Å². The van der Waals surface area contributed by atoms with E-state index in [0.29, 0.717) is 0 Å². The Morgan fingerprint density at radius 1 is 1.35 bits per heavy atom. The molecule has 1 aromatic rings. The Morgan fingerprint density at radius 2 is 2.06 bits per heavy atom. The molecule has 17 heavy (non-hydrogen) atoms. The van der Waals surface area contributed by atoms with Crippen LogP contribution in [0.5, 0.6) is 0 Å². The predicted molar refractivity (Wildman–Crippen MR) is 77.5 cm³/mol. The van der Waals surface area contributed by atoms with E-state index in [1.807, 2.05) is 0 Å². The number of nitrogens with two attached hydrogens (primary N) is 1. The van der Waals surface area contributed by atoms with Crippen LogP contribution < -0.4 is 10.6 Å². The summed E-state index contributed by atoms with van der Waals surface area (Å²) in [5.74, 6) is 0.872. The molecule has 0 unspecified atom stereocenters.